The molecule has 0 aliphatic carbocycles. The fourth-order valence-corrected chi connectivity index (χ4v) is 3.54. The molecule has 5 nitrogen and oxygen atoms in total. The molecule has 1 fully saturated rings. The molecule has 0 N–H and O–H groups in total. The Morgan fingerprint density at radius 1 is 1.17 bits per heavy atom. The number of ether oxygens (including phenoxy) is 2. The van der Waals surface area contributed by atoms with Crippen molar-refractivity contribution in [2.45, 2.75) is 13.8 Å². The van der Waals surface area contributed by atoms with Crippen LogP contribution in [-0.2, 0) is 0 Å². The molecular weight excluding hydrogens is 395 g/mol. The van der Waals surface area contributed by atoms with Crippen molar-refractivity contribution in [1.29, 1.82) is 0 Å². The first-order valence-electron chi connectivity index (χ1n) is 9.69. The summed E-state index contributed by atoms with van der Waals surface area (Å²) in [6.45, 7) is 6.71. The van der Waals surface area contributed by atoms with Gasteiger partial charge in [0.25, 0.3) is 5.91 Å². The predicted molar refractivity (Wildman–Crippen MR) is 113 cm³/mol. The number of nitrogens with zero attached hydrogens (tertiary/aromatic N) is 2. The van der Waals surface area contributed by atoms with E-state index in [9.17, 15) is 9.18 Å². The lowest BCUT2D eigenvalue weighted by atomic mass is 10.1. The van der Waals surface area contributed by atoms with Crippen LogP contribution >= 0.6 is 11.6 Å². The number of carbonyl (C=O) groups is 1. The van der Waals surface area contributed by atoms with Crippen LogP contribution < -0.4 is 14.4 Å². The van der Waals surface area contributed by atoms with Crippen molar-refractivity contribution in [3.05, 3.63) is 52.8 Å². The molecular formula is C22H26ClFN2O3. The number of piperazine rings is 1. The molecule has 7 heteroatoms. The zero-order valence-corrected chi connectivity index (χ0v) is 17.7. The second-order valence-corrected chi connectivity index (χ2v) is 7.83. The summed E-state index contributed by atoms with van der Waals surface area (Å²) >= 11 is 6.37. The van der Waals surface area contributed by atoms with E-state index in [1.54, 1.807) is 29.2 Å². The fourth-order valence-electron chi connectivity index (χ4n) is 3.27. The third kappa shape index (κ3) is 4.93. The number of halogens is 2. The maximum atomic E-state index is 14.0. The molecule has 0 saturated carbocycles. The Bertz CT molecular complexity index is 867. The molecule has 2 aromatic carbocycles. The Kier molecular flexibility index (Phi) is 6.85. The minimum Gasteiger partial charge on any atom is -0.493 e. The predicted octanol–water partition coefficient (Wildman–Crippen LogP) is 4.48. The van der Waals surface area contributed by atoms with Crippen molar-refractivity contribution < 1.29 is 18.7 Å². The lowest BCUT2D eigenvalue weighted by Crippen LogP contribution is -2.49. The smallest absolute Gasteiger partial charge is 0.254 e. The highest BCUT2D eigenvalue weighted by Gasteiger charge is 2.25. The second kappa shape index (κ2) is 9.35. The number of amides is 1. The van der Waals surface area contributed by atoms with Crippen LogP contribution in [0.2, 0.25) is 5.02 Å². The van der Waals surface area contributed by atoms with Crippen LogP contribution in [-0.4, -0.2) is 50.7 Å². The van der Waals surface area contributed by atoms with Gasteiger partial charge in [0.05, 0.1) is 24.4 Å². The number of carbonyl (C=O) groups excluding carboxylic acids is 1. The summed E-state index contributed by atoms with van der Waals surface area (Å²) < 4.78 is 25.2. The zero-order valence-electron chi connectivity index (χ0n) is 17.0. The highest BCUT2D eigenvalue weighted by Crippen LogP contribution is 2.37. The van der Waals surface area contributed by atoms with E-state index >= 15 is 0 Å². The molecule has 0 aromatic heterocycles. The van der Waals surface area contributed by atoms with E-state index in [4.69, 9.17) is 21.1 Å². The molecule has 156 valence electrons. The molecule has 1 aliphatic rings. The van der Waals surface area contributed by atoms with Crippen molar-refractivity contribution in [2.75, 3.05) is 44.8 Å². The number of para-hydroxylation sites is 1. The minimum absolute atomic E-state index is 0.131. The van der Waals surface area contributed by atoms with Gasteiger partial charge in [0.2, 0.25) is 0 Å². The monoisotopic (exact) mass is 420 g/mol. The zero-order chi connectivity index (χ0) is 21.0. The molecule has 2 aromatic rings. The molecule has 0 unspecified atom stereocenters. The van der Waals surface area contributed by atoms with E-state index in [1.807, 2.05) is 24.8 Å². The van der Waals surface area contributed by atoms with Crippen molar-refractivity contribution in [1.82, 2.24) is 4.90 Å². The van der Waals surface area contributed by atoms with Gasteiger partial charge >= 0.3 is 0 Å². The molecule has 0 radical (unpaired) electrons. The number of hydrogen-bond donors (Lipinski definition) is 0. The molecule has 29 heavy (non-hydrogen) atoms. The van der Waals surface area contributed by atoms with Gasteiger partial charge in [-0.15, -0.1) is 0 Å². The molecule has 0 bridgehead atoms. The first-order valence-corrected chi connectivity index (χ1v) is 10.1. The Labute approximate surface area is 176 Å². The molecule has 3 rings (SSSR count). The van der Waals surface area contributed by atoms with E-state index in [2.05, 4.69) is 0 Å². The third-order valence-corrected chi connectivity index (χ3v) is 5.08. The summed E-state index contributed by atoms with van der Waals surface area (Å²) in [4.78, 5) is 16.7. The van der Waals surface area contributed by atoms with Gasteiger partial charge in [-0.25, -0.2) is 4.39 Å². The van der Waals surface area contributed by atoms with Crippen molar-refractivity contribution in [3.63, 3.8) is 0 Å². The van der Waals surface area contributed by atoms with E-state index in [1.165, 1.54) is 13.2 Å². The standard InChI is InChI=1S/C22H26ClFN2O3/c1-15(2)14-29-21-17(23)12-16(13-20(21)28-3)22(27)26-10-8-25(9-11-26)19-7-5-4-6-18(19)24/h4-7,12-13,15H,8-11,14H2,1-3H3. The van der Waals surface area contributed by atoms with Gasteiger partial charge in [-0.2, -0.15) is 0 Å². The summed E-state index contributed by atoms with van der Waals surface area (Å²) in [6, 6.07) is 9.97. The number of rotatable bonds is 6. The molecule has 0 atom stereocenters. The summed E-state index contributed by atoms with van der Waals surface area (Å²) in [5.74, 6) is 0.840. The van der Waals surface area contributed by atoms with Gasteiger partial charge in [-0.05, 0) is 30.2 Å². The van der Waals surface area contributed by atoms with Gasteiger partial charge in [0, 0.05) is 31.7 Å². The first-order chi connectivity index (χ1) is 13.9. The lowest BCUT2D eigenvalue weighted by molar-refractivity contribution is 0.0746. The van der Waals surface area contributed by atoms with Gasteiger partial charge in [0.15, 0.2) is 11.5 Å². The topological polar surface area (TPSA) is 42.0 Å². The van der Waals surface area contributed by atoms with Crippen molar-refractivity contribution in [3.8, 4) is 11.5 Å². The van der Waals surface area contributed by atoms with E-state index < -0.39 is 0 Å². The largest absolute Gasteiger partial charge is 0.493 e. The Morgan fingerprint density at radius 2 is 1.86 bits per heavy atom. The quantitative estimate of drug-likeness (QED) is 0.690. The van der Waals surface area contributed by atoms with E-state index in [-0.39, 0.29) is 11.7 Å². The second-order valence-electron chi connectivity index (χ2n) is 7.42. The Balaban J connectivity index is 1.71. The maximum absolute atomic E-state index is 14.0. The van der Waals surface area contributed by atoms with Gasteiger partial charge in [0.1, 0.15) is 5.82 Å². The van der Waals surface area contributed by atoms with Crippen LogP contribution in [0.4, 0.5) is 10.1 Å². The number of hydrogen-bond acceptors (Lipinski definition) is 4. The normalized spacial score (nSPS) is 14.3. The van der Waals surface area contributed by atoms with Crippen LogP contribution in [0.5, 0.6) is 11.5 Å². The number of benzene rings is 2. The van der Waals surface area contributed by atoms with E-state index in [0.29, 0.717) is 66.5 Å². The lowest BCUT2D eigenvalue weighted by Gasteiger charge is -2.36. The third-order valence-electron chi connectivity index (χ3n) is 4.80. The molecule has 1 saturated heterocycles. The van der Waals surface area contributed by atoms with Crippen LogP contribution in [0.1, 0.15) is 24.2 Å². The van der Waals surface area contributed by atoms with Gasteiger partial charge < -0.3 is 19.3 Å². The molecule has 0 spiro atoms. The van der Waals surface area contributed by atoms with Crippen LogP contribution in [0.25, 0.3) is 0 Å². The van der Waals surface area contributed by atoms with Crippen LogP contribution in [0.3, 0.4) is 0 Å². The highest BCUT2D eigenvalue weighted by atomic mass is 35.5. The molecule has 1 heterocycles. The SMILES string of the molecule is COc1cc(C(=O)N2CCN(c3ccccc3F)CC2)cc(Cl)c1OCC(C)C. The highest BCUT2D eigenvalue weighted by molar-refractivity contribution is 6.32. The fraction of sp³-hybridized carbons (Fsp3) is 0.409. The Hall–Kier alpha value is -2.47. The Morgan fingerprint density at radius 3 is 2.48 bits per heavy atom. The van der Waals surface area contributed by atoms with Crippen LogP contribution in [0, 0.1) is 11.7 Å². The van der Waals surface area contributed by atoms with Crippen LogP contribution in [0.15, 0.2) is 36.4 Å². The summed E-state index contributed by atoms with van der Waals surface area (Å²) in [5.41, 5.74) is 1.01. The van der Waals surface area contributed by atoms with Crippen molar-refractivity contribution in [2.24, 2.45) is 5.92 Å². The summed E-state index contributed by atoms with van der Waals surface area (Å²) in [7, 11) is 1.52. The van der Waals surface area contributed by atoms with Gasteiger partial charge in [-0.3, -0.25) is 4.79 Å². The molecule has 1 aliphatic heterocycles. The molecule has 1 amide bonds. The number of methoxy groups -OCH3 is 1. The number of anilines is 1. The van der Waals surface area contributed by atoms with Crippen molar-refractivity contribution >= 4 is 23.2 Å². The van der Waals surface area contributed by atoms with E-state index in [0.717, 1.165) is 0 Å². The minimum atomic E-state index is -0.249. The summed E-state index contributed by atoms with van der Waals surface area (Å²) in [6.07, 6.45) is 0. The summed E-state index contributed by atoms with van der Waals surface area (Å²) in [5, 5.41) is 0.346. The van der Waals surface area contributed by atoms with Gasteiger partial charge in [-0.1, -0.05) is 37.6 Å². The maximum Gasteiger partial charge on any atom is 0.254 e. The average Bonchev–Trinajstić information content (AvgIpc) is 2.72. The average molecular weight is 421 g/mol. The first kappa shape index (κ1) is 21.2.